The van der Waals surface area contributed by atoms with E-state index in [1.54, 1.807) is 24.3 Å². The zero-order valence-corrected chi connectivity index (χ0v) is 15.0. The number of phenols is 1. The van der Waals surface area contributed by atoms with Gasteiger partial charge in [-0.3, -0.25) is 4.79 Å². The van der Waals surface area contributed by atoms with Gasteiger partial charge in [0.05, 0.1) is 17.9 Å². The minimum absolute atomic E-state index is 0.0257. The molecule has 1 atom stereocenters. The van der Waals surface area contributed by atoms with E-state index < -0.39 is 23.1 Å². The van der Waals surface area contributed by atoms with Crippen LogP contribution in [0.5, 0.6) is 5.75 Å². The van der Waals surface area contributed by atoms with Gasteiger partial charge in [-0.25, -0.2) is 0 Å². The summed E-state index contributed by atoms with van der Waals surface area (Å²) < 4.78 is 40.7. The zero-order chi connectivity index (χ0) is 20.8. The van der Waals surface area contributed by atoms with Gasteiger partial charge in [-0.15, -0.1) is 0 Å². The molecule has 1 aliphatic rings. The molecular weight excluding hydrogens is 383 g/mol. The van der Waals surface area contributed by atoms with E-state index in [-0.39, 0.29) is 23.6 Å². The summed E-state index contributed by atoms with van der Waals surface area (Å²) in [6.07, 6.45) is -4.63. The molecule has 0 saturated heterocycles. The van der Waals surface area contributed by atoms with Crippen LogP contribution in [-0.4, -0.2) is 16.1 Å². The molecule has 7 heteroatoms. The van der Waals surface area contributed by atoms with E-state index in [9.17, 15) is 28.2 Å². The SMILES string of the molecule is O=C1Nc2c(C(F)(F)F)cccc2[C@]1(c1ccc(O)cc1)c1ccc(CO)cc1. The zero-order valence-electron chi connectivity index (χ0n) is 15.0. The molecule has 0 radical (unpaired) electrons. The van der Waals surface area contributed by atoms with Crippen LogP contribution in [0.4, 0.5) is 18.9 Å². The number of hydrogen-bond donors (Lipinski definition) is 3. The lowest BCUT2D eigenvalue weighted by molar-refractivity contribution is -0.136. The molecule has 0 fully saturated rings. The molecule has 3 aromatic carbocycles. The second-order valence-corrected chi connectivity index (χ2v) is 6.83. The molecule has 0 aromatic heterocycles. The Hall–Kier alpha value is -3.32. The Bertz CT molecular complexity index is 1080. The van der Waals surface area contributed by atoms with Gasteiger partial charge in [0.15, 0.2) is 0 Å². The Kier molecular flexibility index (Phi) is 4.35. The predicted octanol–water partition coefficient (Wildman–Crippen LogP) is 4.19. The number of amides is 1. The van der Waals surface area contributed by atoms with E-state index >= 15 is 0 Å². The first kappa shape index (κ1) is 19.0. The minimum atomic E-state index is -4.63. The van der Waals surface area contributed by atoms with Crippen molar-refractivity contribution < 1.29 is 28.2 Å². The first-order valence-electron chi connectivity index (χ1n) is 8.80. The summed E-state index contributed by atoms with van der Waals surface area (Å²) >= 11 is 0. The summed E-state index contributed by atoms with van der Waals surface area (Å²) in [6.45, 7) is -0.201. The van der Waals surface area contributed by atoms with Gasteiger partial charge in [0.1, 0.15) is 11.2 Å². The Balaban J connectivity index is 2.05. The molecule has 0 unspecified atom stereocenters. The maximum absolute atomic E-state index is 13.6. The van der Waals surface area contributed by atoms with Gasteiger partial charge in [0.2, 0.25) is 5.91 Å². The number of anilines is 1. The highest BCUT2D eigenvalue weighted by atomic mass is 19.4. The first-order valence-corrected chi connectivity index (χ1v) is 8.80. The number of nitrogens with one attached hydrogen (secondary N) is 1. The van der Waals surface area contributed by atoms with Crippen LogP contribution in [0.3, 0.4) is 0 Å². The van der Waals surface area contributed by atoms with Gasteiger partial charge >= 0.3 is 6.18 Å². The van der Waals surface area contributed by atoms with Crippen molar-refractivity contribution >= 4 is 11.6 Å². The molecule has 1 heterocycles. The van der Waals surface area contributed by atoms with Crippen molar-refractivity contribution in [2.24, 2.45) is 0 Å². The largest absolute Gasteiger partial charge is 0.508 e. The van der Waals surface area contributed by atoms with Crippen molar-refractivity contribution in [1.29, 1.82) is 0 Å². The average molecular weight is 399 g/mol. The maximum Gasteiger partial charge on any atom is 0.418 e. The molecule has 4 rings (SSSR count). The fourth-order valence-corrected chi connectivity index (χ4v) is 3.88. The molecular formula is C22H16F3NO3. The number of carbonyl (C=O) groups is 1. The quantitative estimate of drug-likeness (QED) is 0.619. The van der Waals surface area contributed by atoms with E-state index in [4.69, 9.17) is 0 Å². The van der Waals surface area contributed by atoms with Crippen LogP contribution in [-0.2, 0) is 23.0 Å². The molecule has 0 saturated carbocycles. The third-order valence-electron chi connectivity index (χ3n) is 5.22. The maximum atomic E-state index is 13.6. The number of hydrogen-bond acceptors (Lipinski definition) is 3. The molecule has 0 spiro atoms. The van der Waals surface area contributed by atoms with Gasteiger partial charge < -0.3 is 15.5 Å². The first-order chi connectivity index (χ1) is 13.8. The highest BCUT2D eigenvalue weighted by Crippen LogP contribution is 2.51. The third kappa shape index (κ3) is 2.86. The van der Waals surface area contributed by atoms with E-state index in [2.05, 4.69) is 5.32 Å². The number of phenolic OH excluding ortho intramolecular Hbond substituents is 1. The number of alkyl halides is 3. The molecule has 1 amide bonds. The fraction of sp³-hybridized carbons (Fsp3) is 0.136. The summed E-state index contributed by atoms with van der Waals surface area (Å²) in [6, 6.07) is 16.0. The molecule has 29 heavy (non-hydrogen) atoms. The average Bonchev–Trinajstić information content (AvgIpc) is 3.00. The summed E-state index contributed by atoms with van der Waals surface area (Å²) in [7, 11) is 0. The number of rotatable bonds is 3. The summed E-state index contributed by atoms with van der Waals surface area (Å²) in [5, 5.41) is 21.4. The number of carbonyl (C=O) groups excluding carboxylic acids is 1. The lowest BCUT2D eigenvalue weighted by Gasteiger charge is -2.29. The van der Waals surface area contributed by atoms with Crippen molar-refractivity contribution in [3.63, 3.8) is 0 Å². The van der Waals surface area contributed by atoms with Gasteiger partial charge in [-0.2, -0.15) is 13.2 Å². The summed E-state index contributed by atoms with van der Waals surface area (Å²) in [4.78, 5) is 13.3. The number of fused-ring (bicyclic) bond motifs is 1. The van der Waals surface area contributed by atoms with Crippen molar-refractivity contribution in [1.82, 2.24) is 0 Å². The minimum Gasteiger partial charge on any atom is -0.508 e. The molecule has 0 aliphatic carbocycles. The van der Waals surface area contributed by atoms with Gasteiger partial charge in [-0.05, 0) is 34.9 Å². The van der Waals surface area contributed by atoms with Gasteiger partial charge in [-0.1, -0.05) is 48.5 Å². The Morgan fingerprint density at radius 1 is 0.897 bits per heavy atom. The highest BCUT2D eigenvalue weighted by molar-refractivity contribution is 6.12. The van der Waals surface area contributed by atoms with E-state index in [0.717, 1.165) is 6.07 Å². The highest BCUT2D eigenvalue weighted by Gasteiger charge is 2.52. The molecule has 3 aromatic rings. The molecule has 0 bridgehead atoms. The number of aromatic hydroxyl groups is 1. The lowest BCUT2D eigenvalue weighted by Crippen LogP contribution is -2.37. The van der Waals surface area contributed by atoms with E-state index in [1.807, 2.05) is 0 Å². The second kappa shape index (κ2) is 6.63. The van der Waals surface area contributed by atoms with Crippen molar-refractivity contribution in [3.05, 3.63) is 94.5 Å². The monoisotopic (exact) mass is 399 g/mol. The summed E-state index contributed by atoms with van der Waals surface area (Å²) in [5.41, 5.74) is -1.06. The smallest absolute Gasteiger partial charge is 0.418 e. The van der Waals surface area contributed by atoms with Gasteiger partial charge in [0.25, 0.3) is 0 Å². The third-order valence-corrected chi connectivity index (χ3v) is 5.22. The summed E-state index contributed by atoms with van der Waals surface area (Å²) in [5.74, 6) is -0.645. The Labute approximate surface area is 164 Å². The van der Waals surface area contributed by atoms with Crippen molar-refractivity contribution in [2.75, 3.05) is 5.32 Å². The Morgan fingerprint density at radius 3 is 2.03 bits per heavy atom. The van der Waals surface area contributed by atoms with Crippen LogP contribution in [0.25, 0.3) is 0 Å². The second-order valence-electron chi connectivity index (χ2n) is 6.83. The molecule has 3 N–H and O–H groups in total. The van der Waals surface area contributed by atoms with Crippen LogP contribution in [0, 0.1) is 0 Å². The van der Waals surface area contributed by atoms with Crippen LogP contribution < -0.4 is 5.32 Å². The molecule has 148 valence electrons. The number of halogens is 3. The fourth-order valence-electron chi connectivity index (χ4n) is 3.88. The lowest BCUT2D eigenvalue weighted by atomic mass is 9.70. The van der Waals surface area contributed by atoms with E-state index in [1.165, 1.54) is 36.4 Å². The molecule has 1 aliphatic heterocycles. The molecule has 4 nitrogen and oxygen atoms in total. The predicted molar refractivity (Wildman–Crippen MR) is 100 cm³/mol. The number of benzene rings is 3. The van der Waals surface area contributed by atoms with Crippen LogP contribution >= 0.6 is 0 Å². The van der Waals surface area contributed by atoms with Crippen LogP contribution in [0.2, 0.25) is 0 Å². The van der Waals surface area contributed by atoms with Crippen molar-refractivity contribution in [3.8, 4) is 5.75 Å². The number of aliphatic hydroxyl groups excluding tert-OH is 1. The van der Waals surface area contributed by atoms with Crippen molar-refractivity contribution in [2.45, 2.75) is 18.2 Å². The standard InChI is InChI=1S/C22H16F3NO3/c23-22(24,25)18-3-1-2-17-19(18)26-20(29)21(17,15-8-10-16(28)11-9-15)14-6-4-13(12-27)5-7-14/h1-11,27-28H,12H2,(H,26,29)/t21-/m1/s1. The van der Waals surface area contributed by atoms with E-state index in [0.29, 0.717) is 16.7 Å². The van der Waals surface area contributed by atoms with Gasteiger partial charge in [0, 0.05) is 5.56 Å². The van der Waals surface area contributed by atoms with Crippen LogP contribution in [0.1, 0.15) is 27.8 Å². The van der Waals surface area contributed by atoms with Crippen LogP contribution in [0.15, 0.2) is 66.7 Å². The normalized spacial score (nSPS) is 18.4. The number of para-hydroxylation sites is 1. The number of aliphatic hydroxyl groups is 1. The Morgan fingerprint density at radius 2 is 1.48 bits per heavy atom. The topological polar surface area (TPSA) is 69.6 Å².